The van der Waals surface area contributed by atoms with Gasteiger partial charge in [0.2, 0.25) is 0 Å². The van der Waals surface area contributed by atoms with E-state index in [0.717, 1.165) is 16.5 Å². The zero-order valence-corrected chi connectivity index (χ0v) is 13.4. The van der Waals surface area contributed by atoms with E-state index in [9.17, 15) is 9.18 Å². The second-order valence-electron chi connectivity index (χ2n) is 4.49. The first-order chi connectivity index (χ1) is 9.56. The maximum Gasteiger partial charge on any atom is 0.198 e. The number of rotatable bonds is 2. The summed E-state index contributed by atoms with van der Waals surface area (Å²) < 4.78 is 20.3. The zero-order chi connectivity index (χ0) is 14.3. The molecule has 0 spiro atoms. The van der Waals surface area contributed by atoms with E-state index in [1.165, 1.54) is 18.2 Å². The number of benzene rings is 2. The number of ether oxygens (including phenoxy) is 1. The van der Waals surface area contributed by atoms with Crippen LogP contribution in [0.1, 0.15) is 21.5 Å². The Labute approximate surface area is 132 Å². The lowest BCUT2D eigenvalue weighted by Gasteiger charge is -2.09. The van der Waals surface area contributed by atoms with Gasteiger partial charge in [0, 0.05) is 20.9 Å². The van der Waals surface area contributed by atoms with Crippen molar-refractivity contribution in [2.45, 2.75) is 6.42 Å². The Morgan fingerprint density at radius 1 is 1.15 bits per heavy atom. The van der Waals surface area contributed by atoms with Gasteiger partial charge in [-0.25, -0.2) is 4.39 Å². The molecular formula is C15H9Br2FO2. The van der Waals surface area contributed by atoms with Crippen LogP contribution in [0.15, 0.2) is 39.3 Å². The Kier molecular flexibility index (Phi) is 3.65. The highest BCUT2D eigenvalue weighted by Crippen LogP contribution is 2.35. The fourth-order valence-electron chi connectivity index (χ4n) is 2.25. The maximum absolute atomic E-state index is 13.4. The van der Waals surface area contributed by atoms with Crippen molar-refractivity contribution in [3.05, 3.63) is 61.8 Å². The molecule has 0 radical (unpaired) electrons. The Balaban J connectivity index is 2.14. The molecule has 0 unspecified atom stereocenters. The molecule has 3 rings (SSSR count). The summed E-state index contributed by atoms with van der Waals surface area (Å²) in [6.45, 7) is 0.566. The van der Waals surface area contributed by atoms with Crippen LogP contribution in [0.2, 0.25) is 0 Å². The van der Waals surface area contributed by atoms with E-state index in [1.807, 2.05) is 6.07 Å². The third-order valence-corrected chi connectivity index (χ3v) is 4.32. The molecule has 5 heteroatoms. The molecule has 0 aliphatic carbocycles. The predicted molar refractivity (Wildman–Crippen MR) is 80.9 cm³/mol. The molecule has 0 saturated carbocycles. The topological polar surface area (TPSA) is 26.3 Å². The van der Waals surface area contributed by atoms with Gasteiger partial charge in [0.25, 0.3) is 0 Å². The van der Waals surface area contributed by atoms with Gasteiger partial charge in [-0.1, -0.05) is 31.9 Å². The summed E-state index contributed by atoms with van der Waals surface area (Å²) in [7, 11) is 0. The Bertz CT molecular complexity index is 713. The quantitative estimate of drug-likeness (QED) is 0.694. The third-order valence-electron chi connectivity index (χ3n) is 3.17. The van der Waals surface area contributed by atoms with Gasteiger partial charge in [-0.15, -0.1) is 0 Å². The van der Waals surface area contributed by atoms with Crippen LogP contribution in [-0.2, 0) is 6.42 Å². The number of hydrogen-bond donors (Lipinski definition) is 0. The van der Waals surface area contributed by atoms with Crippen molar-refractivity contribution in [1.29, 1.82) is 0 Å². The third kappa shape index (κ3) is 2.40. The molecule has 2 nitrogen and oxygen atoms in total. The summed E-state index contributed by atoms with van der Waals surface area (Å²) in [6.07, 6.45) is 0.777. The van der Waals surface area contributed by atoms with Crippen LogP contribution >= 0.6 is 31.9 Å². The second-order valence-corrected chi connectivity index (χ2v) is 6.26. The molecular weight excluding hydrogens is 391 g/mol. The molecule has 2 aromatic carbocycles. The summed E-state index contributed by atoms with van der Waals surface area (Å²) >= 11 is 6.68. The summed E-state index contributed by atoms with van der Waals surface area (Å²) in [5.41, 5.74) is 1.74. The number of fused-ring (bicyclic) bond motifs is 1. The van der Waals surface area contributed by atoms with Gasteiger partial charge in [0.15, 0.2) is 5.78 Å². The molecule has 0 aromatic heterocycles. The van der Waals surface area contributed by atoms with Crippen molar-refractivity contribution in [2.24, 2.45) is 0 Å². The smallest absolute Gasteiger partial charge is 0.198 e. The lowest BCUT2D eigenvalue weighted by molar-refractivity contribution is 0.103. The molecule has 1 aliphatic heterocycles. The van der Waals surface area contributed by atoms with Crippen LogP contribution in [0.3, 0.4) is 0 Å². The van der Waals surface area contributed by atoms with Crippen molar-refractivity contribution >= 4 is 37.6 Å². The molecule has 1 aliphatic rings. The van der Waals surface area contributed by atoms with Gasteiger partial charge in [0.05, 0.1) is 12.2 Å². The van der Waals surface area contributed by atoms with E-state index in [0.29, 0.717) is 28.0 Å². The molecule has 2 aromatic rings. The van der Waals surface area contributed by atoms with Crippen LogP contribution < -0.4 is 4.74 Å². The first-order valence-corrected chi connectivity index (χ1v) is 7.60. The van der Waals surface area contributed by atoms with Gasteiger partial charge in [-0.2, -0.15) is 0 Å². The molecule has 20 heavy (non-hydrogen) atoms. The highest BCUT2D eigenvalue weighted by Gasteiger charge is 2.24. The standard InChI is InChI=1S/C15H9Br2FO2/c16-9-5-8-3-4-20-15(8)12(6-9)14(19)11-7-10(18)1-2-13(11)17/h1-2,5-7H,3-4H2. The largest absolute Gasteiger partial charge is 0.492 e. The number of carbonyl (C=O) groups is 1. The molecule has 1 heterocycles. The number of ketones is 1. The number of carbonyl (C=O) groups excluding carboxylic acids is 1. The van der Waals surface area contributed by atoms with Crippen molar-refractivity contribution in [3.8, 4) is 5.75 Å². The molecule has 0 fully saturated rings. The Morgan fingerprint density at radius 2 is 1.95 bits per heavy atom. The first-order valence-electron chi connectivity index (χ1n) is 6.01. The average molecular weight is 400 g/mol. The first kappa shape index (κ1) is 13.8. The molecule has 0 bridgehead atoms. The fourth-order valence-corrected chi connectivity index (χ4v) is 3.19. The van der Waals surface area contributed by atoms with Crippen molar-refractivity contribution in [3.63, 3.8) is 0 Å². The lowest BCUT2D eigenvalue weighted by atomic mass is 10.00. The van der Waals surface area contributed by atoms with Gasteiger partial charge in [-0.3, -0.25) is 4.79 Å². The minimum absolute atomic E-state index is 0.254. The predicted octanol–water partition coefficient (Wildman–Crippen LogP) is 4.52. The highest BCUT2D eigenvalue weighted by atomic mass is 79.9. The van der Waals surface area contributed by atoms with E-state index in [-0.39, 0.29) is 5.78 Å². The lowest BCUT2D eigenvalue weighted by Crippen LogP contribution is -2.05. The van der Waals surface area contributed by atoms with Gasteiger partial charge in [0.1, 0.15) is 11.6 Å². The summed E-state index contributed by atoms with van der Waals surface area (Å²) in [4.78, 5) is 12.6. The SMILES string of the molecule is O=C(c1cc(F)ccc1Br)c1cc(Br)cc2c1OCC2. The monoisotopic (exact) mass is 398 g/mol. The van der Waals surface area contributed by atoms with E-state index in [1.54, 1.807) is 6.07 Å². The second kappa shape index (κ2) is 5.30. The molecule has 0 atom stereocenters. The number of hydrogen-bond acceptors (Lipinski definition) is 2. The van der Waals surface area contributed by atoms with Crippen molar-refractivity contribution in [2.75, 3.05) is 6.61 Å². The molecule has 102 valence electrons. The van der Waals surface area contributed by atoms with Gasteiger partial charge >= 0.3 is 0 Å². The fraction of sp³-hybridized carbons (Fsp3) is 0.133. The van der Waals surface area contributed by atoms with E-state index < -0.39 is 5.82 Å². The molecule has 0 saturated heterocycles. The minimum Gasteiger partial charge on any atom is -0.492 e. The average Bonchev–Trinajstić information content (AvgIpc) is 2.87. The minimum atomic E-state index is -0.441. The van der Waals surface area contributed by atoms with Gasteiger partial charge < -0.3 is 4.74 Å². The molecule has 0 N–H and O–H groups in total. The van der Waals surface area contributed by atoms with E-state index >= 15 is 0 Å². The summed E-state index contributed by atoms with van der Waals surface area (Å²) in [5, 5.41) is 0. The van der Waals surface area contributed by atoms with Crippen LogP contribution in [0.4, 0.5) is 4.39 Å². The summed E-state index contributed by atoms with van der Waals surface area (Å²) in [6, 6.07) is 7.72. The van der Waals surface area contributed by atoms with E-state index in [4.69, 9.17) is 4.74 Å². The van der Waals surface area contributed by atoms with Crippen LogP contribution in [0, 0.1) is 5.82 Å². The van der Waals surface area contributed by atoms with Crippen LogP contribution in [0.25, 0.3) is 0 Å². The summed E-state index contributed by atoms with van der Waals surface area (Å²) in [5.74, 6) is -0.0886. The van der Waals surface area contributed by atoms with Crippen molar-refractivity contribution in [1.82, 2.24) is 0 Å². The maximum atomic E-state index is 13.4. The number of halogens is 3. The highest BCUT2D eigenvalue weighted by molar-refractivity contribution is 9.10. The molecule has 0 amide bonds. The Morgan fingerprint density at radius 3 is 2.75 bits per heavy atom. The van der Waals surface area contributed by atoms with E-state index in [2.05, 4.69) is 31.9 Å². The van der Waals surface area contributed by atoms with Crippen molar-refractivity contribution < 1.29 is 13.9 Å². The zero-order valence-electron chi connectivity index (χ0n) is 10.3. The van der Waals surface area contributed by atoms with Crippen LogP contribution in [0.5, 0.6) is 5.75 Å². The van der Waals surface area contributed by atoms with Gasteiger partial charge in [-0.05, 0) is 35.9 Å². The normalized spacial score (nSPS) is 12.9. The van der Waals surface area contributed by atoms with Crippen LogP contribution in [-0.4, -0.2) is 12.4 Å². The Hall–Kier alpha value is -1.20.